The maximum absolute atomic E-state index is 4.46. The van der Waals surface area contributed by atoms with Crippen LogP contribution < -0.4 is 5.32 Å². The molecule has 2 rings (SSSR count). The van der Waals surface area contributed by atoms with Crippen molar-refractivity contribution < 1.29 is 0 Å². The Morgan fingerprint density at radius 1 is 1.41 bits per heavy atom. The fraction of sp³-hybridized carbons (Fsp3) is 0.615. The molecule has 0 aliphatic heterocycles. The van der Waals surface area contributed by atoms with Gasteiger partial charge in [-0.15, -0.1) is 0 Å². The quantitative estimate of drug-likeness (QED) is 0.859. The molecule has 0 aromatic carbocycles. The molecule has 1 saturated carbocycles. The minimum Gasteiger partial charge on any atom is -0.307 e. The van der Waals surface area contributed by atoms with Crippen molar-refractivity contribution >= 4 is 27.7 Å². The first-order chi connectivity index (χ1) is 8.29. The number of thioether (sulfide) groups is 1. The van der Waals surface area contributed by atoms with E-state index in [2.05, 4.69) is 38.6 Å². The Bertz CT molecular complexity index is 359. The number of nitrogens with zero attached hydrogens (tertiary/aromatic N) is 1. The number of hydrogen-bond acceptors (Lipinski definition) is 3. The molecule has 0 saturated heterocycles. The van der Waals surface area contributed by atoms with E-state index < -0.39 is 0 Å². The summed E-state index contributed by atoms with van der Waals surface area (Å²) in [5.41, 5.74) is 1.12. The van der Waals surface area contributed by atoms with E-state index in [4.69, 9.17) is 0 Å². The van der Waals surface area contributed by atoms with Gasteiger partial charge in [0.05, 0.1) is 5.69 Å². The third-order valence-electron chi connectivity index (χ3n) is 3.32. The van der Waals surface area contributed by atoms with Crippen LogP contribution in [0.3, 0.4) is 0 Å². The van der Waals surface area contributed by atoms with E-state index in [9.17, 15) is 0 Å². The van der Waals surface area contributed by atoms with E-state index in [0.717, 1.165) is 22.1 Å². The van der Waals surface area contributed by atoms with Crippen LogP contribution in [0, 0.1) is 0 Å². The molecule has 0 amide bonds. The molecule has 2 nitrogen and oxygen atoms in total. The molecule has 1 fully saturated rings. The molecule has 2 atom stereocenters. The molecule has 4 heteroatoms. The Balaban J connectivity index is 1.88. The van der Waals surface area contributed by atoms with Crippen LogP contribution in [0.5, 0.6) is 0 Å². The second-order valence-corrected chi connectivity index (χ2v) is 6.39. The van der Waals surface area contributed by atoms with E-state index in [1.807, 2.05) is 23.9 Å². The maximum Gasteiger partial charge on any atom is 0.106 e. The van der Waals surface area contributed by atoms with Crippen molar-refractivity contribution in [1.29, 1.82) is 0 Å². The fourth-order valence-electron chi connectivity index (χ4n) is 2.40. The summed E-state index contributed by atoms with van der Waals surface area (Å²) in [6.45, 7) is 0.876. The maximum atomic E-state index is 4.46. The van der Waals surface area contributed by atoms with Gasteiger partial charge in [-0.05, 0) is 47.2 Å². The molecule has 0 spiro atoms. The van der Waals surface area contributed by atoms with E-state index in [1.165, 1.54) is 25.7 Å². The summed E-state index contributed by atoms with van der Waals surface area (Å²) in [4.78, 5) is 4.46. The summed E-state index contributed by atoms with van der Waals surface area (Å²) in [5.74, 6) is 0. The van der Waals surface area contributed by atoms with Crippen LogP contribution in [0.25, 0.3) is 0 Å². The standard InChI is InChI=1S/C13H19BrN2S/c1-17-12-7-3-2-6-11(12)15-9-10-5-4-8-13(14)16-10/h4-5,8,11-12,15H,2-3,6-7,9H2,1H3. The smallest absolute Gasteiger partial charge is 0.106 e. The third kappa shape index (κ3) is 3.97. The number of nitrogens with one attached hydrogen (secondary N) is 1. The lowest BCUT2D eigenvalue weighted by Gasteiger charge is -2.31. The van der Waals surface area contributed by atoms with Gasteiger partial charge in [-0.25, -0.2) is 4.98 Å². The molecule has 1 aliphatic carbocycles. The second kappa shape index (κ2) is 6.76. The first kappa shape index (κ1) is 13.4. The monoisotopic (exact) mass is 314 g/mol. The summed E-state index contributed by atoms with van der Waals surface area (Å²) in [6.07, 6.45) is 7.63. The summed E-state index contributed by atoms with van der Waals surface area (Å²) in [6, 6.07) is 6.74. The van der Waals surface area contributed by atoms with E-state index in [1.54, 1.807) is 0 Å². The van der Waals surface area contributed by atoms with Crippen LogP contribution in [0.15, 0.2) is 22.8 Å². The normalized spacial score (nSPS) is 24.8. The van der Waals surface area contributed by atoms with Gasteiger partial charge in [-0.3, -0.25) is 0 Å². The number of rotatable bonds is 4. The Kier molecular flexibility index (Phi) is 5.32. The highest BCUT2D eigenvalue weighted by molar-refractivity contribution is 9.10. The van der Waals surface area contributed by atoms with Crippen LogP contribution in [0.2, 0.25) is 0 Å². The van der Waals surface area contributed by atoms with Gasteiger partial charge in [0, 0.05) is 17.8 Å². The number of pyridine rings is 1. The SMILES string of the molecule is CSC1CCCCC1NCc1cccc(Br)n1. The van der Waals surface area contributed by atoms with Crippen molar-refractivity contribution in [2.45, 2.75) is 43.5 Å². The predicted molar refractivity (Wildman–Crippen MR) is 78.3 cm³/mol. The highest BCUT2D eigenvalue weighted by atomic mass is 79.9. The second-order valence-electron chi connectivity index (χ2n) is 4.50. The van der Waals surface area contributed by atoms with Crippen molar-refractivity contribution in [1.82, 2.24) is 10.3 Å². The van der Waals surface area contributed by atoms with Crippen molar-refractivity contribution in [3.05, 3.63) is 28.5 Å². The van der Waals surface area contributed by atoms with E-state index >= 15 is 0 Å². The molecular formula is C13H19BrN2S. The van der Waals surface area contributed by atoms with Crippen molar-refractivity contribution in [3.8, 4) is 0 Å². The number of aromatic nitrogens is 1. The summed E-state index contributed by atoms with van der Waals surface area (Å²) < 4.78 is 0.918. The highest BCUT2D eigenvalue weighted by Crippen LogP contribution is 2.27. The van der Waals surface area contributed by atoms with Gasteiger partial charge < -0.3 is 5.32 Å². The lowest BCUT2D eigenvalue weighted by atomic mass is 9.95. The molecule has 2 unspecified atom stereocenters. The molecule has 1 heterocycles. The number of halogens is 1. The number of hydrogen-bond donors (Lipinski definition) is 1. The van der Waals surface area contributed by atoms with Gasteiger partial charge in [0.1, 0.15) is 4.60 Å². The Labute approximate surface area is 116 Å². The minimum absolute atomic E-state index is 0.652. The fourth-order valence-corrected chi connectivity index (χ4v) is 3.74. The average Bonchev–Trinajstić information content (AvgIpc) is 2.37. The molecule has 94 valence electrons. The molecule has 0 radical (unpaired) electrons. The van der Waals surface area contributed by atoms with Crippen LogP contribution in [0.1, 0.15) is 31.4 Å². The molecule has 0 bridgehead atoms. The summed E-state index contributed by atoms with van der Waals surface area (Å²) in [7, 11) is 0. The van der Waals surface area contributed by atoms with Crippen molar-refractivity contribution in [2.75, 3.05) is 6.26 Å². The van der Waals surface area contributed by atoms with Gasteiger partial charge in [-0.2, -0.15) is 11.8 Å². The lowest BCUT2D eigenvalue weighted by molar-refractivity contribution is 0.381. The van der Waals surface area contributed by atoms with Gasteiger partial charge >= 0.3 is 0 Å². The predicted octanol–water partition coefficient (Wildman–Crippen LogP) is 3.61. The first-order valence-corrected chi connectivity index (χ1v) is 8.25. The van der Waals surface area contributed by atoms with Crippen molar-refractivity contribution in [3.63, 3.8) is 0 Å². The van der Waals surface area contributed by atoms with Gasteiger partial charge in [0.15, 0.2) is 0 Å². The molecule has 1 N–H and O–H groups in total. The largest absolute Gasteiger partial charge is 0.307 e. The average molecular weight is 315 g/mol. The Morgan fingerprint density at radius 3 is 3.00 bits per heavy atom. The highest BCUT2D eigenvalue weighted by Gasteiger charge is 2.23. The Hall–Kier alpha value is -0.0600. The van der Waals surface area contributed by atoms with Crippen LogP contribution in [-0.4, -0.2) is 22.5 Å². The van der Waals surface area contributed by atoms with Crippen LogP contribution >= 0.6 is 27.7 Å². The van der Waals surface area contributed by atoms with Gasteiger partial charge in [0.2, 0.25) is 0 Å². The topological polar surface area (TPSA) is 24.9 Å². The zero-order chi connectivity index (χ0) is 12.1. The molecular weight excluding hydrogens is 296 g/mol. The lowest BCUT2D eigenvalue weighted by Crippen LogP contribution is -2.40. The molecule has 1 aliphatic rings. The van der Waals surface area contributed by atoms with Gasteiger partial charge in [0.25, 0.3) is 0 Å². The van der Waals surface area contributed by atoms with Gasteiger partial charge in [-0.1, -0.05) is 18.9 Å². The summed E-state index contributed by atoms with van der Waals surface area (Å²) >= 11 is 5.41. The molecule has 17 heavy (non-hydrogen) atoms. The summed E-state index contributed by atoms with van der Waals surface area (Å²) in [5, 5.41) is 4.44. The van der Waals surface area contributed by atoms with E-state index in [0.29, 0.717) is 6.04 Å². The van der Waals surface area contributed by atoms with Crippen LogP contribution in [-0.2, 0) is 6.54 Å². The Morgan fingerprint density at radius 2 is 2.24 bits per heavy atom. The zero-order valence-corrected chi connectivity index (χ0v) is 12.6. The van der Waals surface area contributed by atoms with E-state index in [-0.39, 0.29) is 0 Å². The zero-order valence-electron chi connectivity index (χ0n) is 10.2. The minimum atomic E-state index is 0.652. The first-order valence-electron chi connectivity index (χ1n) is 6.17. The molecule has 1 aromatic heterocycles. The van der Waals surface area contributed by atoms with Crippen molar-refractivity contribution in [2.24, 2.45) is 0 Å². The third-order valence-corrected chi connectivity index (χ3v) is 4.93. The van der Waals surface area contributed by atoms with Crippen LogP contribution in [0.4, 0.5) is 0 Å². The molecule has 1 aromatic rings.